The van der Waals surface area contributed by atoms with Crippen LogP contribution < -0.4 is 20.7 Å². The molecule has 1 aliphatic heterocycles. The molecule has 2 atom stereocenters. The van der Waals surface area contributed by atoms with Gasteiger partial charge in [-0.25, -0.2) is 0 Å². The van der Waals surface area contributed by atoms with Gasteiger partial charge in [0.05, 0.1) is 12.1 Å². The Morgan fingerprint density at radius 3 is 2.56 bits per heavy atom. The molecule has 1 aromatic rings. The standard InChI is InChI=1S/C18H25N3O3.ClH/c1-12(20-18(23)16-3-2-10-19-16)13-4-8-15(9-5-13)24-11-17(22)21-14-6-7-14;/h4-5,8-9,12,14,16,19H,2-3,6-7,10-11H2,1H3,(H,20,23)(H,21,22);1H. The predicted octanol–water partition coefficient (Wildman–Crippen LogP) is 1.69. The van der Waals surface area contributed by atoms with Gasteiger partial charge in [0.2, 0.25) is 5.91 Å². The van der Waals surface area contributed by atoms with E-state index in [0.717, 1.165) is 37.8 Å². The van der Waals surface area contributed by atoms with Crippen LogP contribution in [0.4, 0.5) is 0 Å². The van der Waals surface area contributed by atoms with E-state index in [1.54, 1.807) is 0 Å². The lowest BCUT2D eigenvalue weighted by Crippen LogP contribution is -2.41. The smallest absolute Gasteiger partial charge is 0.258 e. The van der Waals surface area contributed by atoms with Crippen molar-refractivity contribution in [2.75, 3.05) is 13.2 Å². The molecular weight excluding hydrogens is 342 g/mol. The van der Waals surface area contributed by atoms with Gasteiger partial charge >= 0.3 is 0 Å². The summed E-state index contributed by atoms with van der Waals surface area (Å²) >= 11 is 0. The van der Waals surface area contributed by atoms with Gasteiger partial charge in [-0.3, -0.25) is 9.59 Å². The summed E-state index contributed by atoms with van der Waals surface area (Å²) in [5.41, 5.74) is 1.01. The summed E-state index contributed by atoms with van der Waals surface area (Å²) in [7, 11) is 0. The number of benzene rings is 1. The van der Waals surface area contributed by atoms with E-state index in [1.165, 1.54) is 0 Å². The van der Waals surface area contributed by atoms with Crippen LogP contribution in [0.5, 0.6) is 5.75 Å². The molecule has 138 valence electrons. The van der Waals surface area contributed by atoms with E-state index in [-0.39, 0.29) is 42.9 Å². The zero-order valence-corrected chi connectivity index (χ0v) is 15.2. The highest BCUT2D eigenvalue weighted by Gasteiger charge is 2.24. The molecule has 0 spiro atoms. The number of carbonyl (C=O) groups is 2. The highest BCUT2D eigenvalue weighted by molar-refractivity contribution is 5.85. The molecule has 7 heteroatoms. The summed E-state index contributed by atoms with van der Waals surface area (Å²) in [5, 5.41) is 9.11. The van der Waals surface area contributed by atoms with Crippen LogP contribution >= 0.6 is 12.4 Å². The fourth-order valence-corrected chi connectivity index (χ4v) is 2.80. The number of amides is 2. The average molecular weight is 368 g/mol. The van der Waals surface area contributed by atoms with Crippen molar-refractivity contribution in [1.29, 1.82) is 0 Å². The van der Waals surface area contributed by atoms with Crippen LogP contribution in [-0.4, -0.2) is 37.0 Å². The second-order valence-electron chi connectivity index (χ2n) is 6.58. The Balaban J connectivity index is 0.00000225. The van der Waals surface area contributed by atoms with E-state index >= 15 is 0 Å². The summed E-state index contributed by atoms with van der Waals surface area (Å²) in [6, 6.07) is 7.71. The Hall–Kier alpha value is -1.79. The molecule has 0 aromatic heterocycles. The van der Waals surface area contributed by atoms with Gasteiger partial charge in [-0.15, -0.1) is 12.4 Å². The largest absolute Gasteiger partial charge is 0.484 e. The van der Waals surface area contributed by atoms with Crippen molar-refractivity contribution in [2.24, 2.45) is 0 Å². The average Bonchev–Trinajstić information content (AvgIpc) is 3.22. The van der Waals surface area contributed by atoms with E-state index in [1.807, 2.05) is 31.2 Å². The molecule has 2 aliphatic rings. The van der Waals surface area contributed by atoms with Crippen LogP contribution in [0.15, 0.2) is 24.3 Å². The number of rotatable bonds is 7. The lowest BCUT2D eigenvalue weighted by molar-refractivity contribution is -0.124. The first-order valence-electron chi connectivity index (χ1n) is 8.67. The van der Waals surface area contributed by atoms with E-state index < -0.39 is 0 Å². The van der Waals surface area contributed by atoms with Crippen molar-refractivity contribution >= 4 is 24.2 Å². The Bertz CT molecular complexity index is 584. The Morgan fingerprint density at radius 1 is 1.24 bits per heavy atom. The number of hydrogen-bond acceptors (Lipinski definition) is 4. The molecule has 25 heavy (non-hydrogen) atoms. The second-order valence-corrected chi connectivity index (χ2v) is 6.58. The first-order chi connectivity index (χ1) is 11.6. The summed E-state index contributed by atoms with van der Waals surface area (Å²) in [6.45, 7) is 2.91. The summed E-state index contributed by atoms with van der Waals surface area (Å²) in [5.74, 6) is 0.629. The molecule has 2 unspecified atom stereocenters. The van der Waals surface area contributed by atoms with Gasteiger partial charge in [0.25, 0.3) is 5.91 Å². The maximum Gasteiger partial charge on any atom is 0.258 e. The maximum absolute atomic E-state index is 12.1. The molecule has 3 N–H and O–H groups in total. The Morgan fingerprint density at radius 2 is 1.96 bits per heavy atom. The molecule has 6 nitrogen and oxygen atoms in total. The van der Waals surface area contributed by atoms with E-state index in [2.05, 4.69) is 16.0 Å². The lowest BCUT2D eigenvalue weighted by Gasteiger charge is -2.18. The third-order valence-corrected chi connectivity index (χ3v) is 4.43. The van der Waals surface area contributed by atoms with Crippen LogP contribution in [0.25, 0.3) is 0 Å². The van der Waals surface area contributed by atoms with E-state index in [9.17, 15) is 9.59 Å². The van der Waals surface area contributed by atoms with Crippen LogP contribution in [0.3, 0.4) is 0 Å². The van der Waals surface area contributed by atoms with Crippen LogP contribution in [-0.2, 0) is 9.59 Å². The number of ether oxygens (including phenoxy) is 1. The molecule has 1 aromatic carbocycles. The van der Waals surface area contributed by atoms with Crippen molar-refractivity contribution in [1.82, 2.24) is 16.0 Å². The highest BCUT2D eigenvalue weighted by atomic mass is 35.5. The van der Waals surface area contributed by atoms with Gasteiger partial charge in [-0.2, -0.15) is 0 Å². The third kappa shape index (κ3) is 5.90. The molecule has 3 rings (SSSR count). The van der Waals surface area contributed by atoms with Crippen molar-refractivity contribution in [3.8, 4) is 5.75 Å². The highest BCUT2D eigenvalue weighted by Crippen LogP contribution is 2.20. The SMILES string of the molecule is CC(NC(=O)C1CCCN1)c1ccc(OCC(=O)NC2CC2)cc1.Cl. The minimum absolute atomic E-state index is 0. The van der Waals surface area contributed by atoms with Gasteiger partial charge in [0.15, 0.2) is 6.61 Å². The van der Waals surface area contributed by atoms with Gasteiger partial charge in [0.1, 0.15) is 5.75 Å². The molecule has 0 radical (unpaired) electrons. The molecular formula is C18H26ClN3O3. The fourth-order valence-electron chi connectivity index (χ4n) is 2.80. The Kier molecular flexibility index (Phi) is 7.08. The normalized spacial score (nSPS) is 20.3. The van der Waals surface area contributed by atoms with Gasteiger partial charge < -0.3 is 20.7 Å². The van der Waals surface area contributed by atoms with Crippen molar-refractivity contribution in [3.05, 3.63) is 29.8 Å². The summed E-state index contributed by atoms with van der Waals surface area (Å²) in [4.78, 5) is 23.7. The minimum atomic E-state index is -0.0775. The van der Waals surface area contributed by atoms with Gasteiger partial charge in [-0.05, 0) is 56.8 Å². The predicted molar refractivity (Wildman–Crippen MR) is 97.9 cm³/mol. The molecule has 1 heterocycles. The first kappa shape index (κ1) is 19.5. The number of halogens is 1. The number of hydrogen-bond donors (Lipinski definition) is 3. The molecule has 1 saturated heterocycles. The zero-order valence-electron chi connectivity index (χ0n) is 14.4. The van der Waals surface area contributed by atoms with Crippen molar-refractivity contribution in [2.45, 2.75) is 50.7 Å². The monoisotopic (exact) mass is 367 g/mol. The molecule has 2 amide bonds. The third-order valence-electron chi connectivity index (χ3n) is 4.43. The summed E-state index contributed by atoms with van der Waals surface area (Å²) in [6.07, 6.45) is 4.09. The second kappa shape index (κ2) is 9.06. The molecule has 1 saturated carbocycles. The van der Waals surface area contributed by atoms with Crippen LogP contribution in [0, 0.1) is 0 Å². The lowest BCUT2D eigenvalue weighted by atomic mass is 10.1. The minimum Gasteiger partial charge on any atom is -0.484 e. The van der Waals surface area contributed by atoms with Crippen LogP contribution in [0.1, 0.15) is 44.2 Å². The topological polar surface area (TPSA) is 79.5 Å². The fraction of sp³-hybridized carbons (Fsp3) is 0.556. The van der Waals surface area contributed by atoms with Crippen molar-refractivity contribution < 1.29 is 14.3 Å². The summed E-state index contributed by atoms with van der Waals surface area (Å²) < 4.78 is 5.48. The molecule has 1 aliphatic carbocycles. The molecule has 2 fully saturated rings. The number of nitrogens with one attached hydrogen (secondary N) is 3. The molecule has 0 bridgehead atoms. The van der Waals surface area contributed by atoms with E-state index in [4.69, 9.17) is 4.74 Å². The first-order valence-corrected chi connectivity index (χ1v) is 8.67. The quantitative estimate of drug-likeness (QED) is 0.685. The maximum atomic E-state index is 12.1. The van der Waals surface area contributed by atoms with Crippen molar-refractivity contribution in [3.63, 3.8) is 0 Å². The number of carbonyl (C=O) groups excluding carboxylic acids is 2. The van der Waals surface area contributed by atoms with Gasteiger partial charge in [-0.1, -0.05) is 12.1 Å². The Labute approximate surface area is 154 Å². The van der Waals surface area contributed by atoms with E-state index in [0.29, 0.717) is 11.8 Å². The van der Waals surface area contributed by atoms with Gasteiger partial charge in [0, 0.05) is 6.04 Å². The zero-order chi connectivity index (χ0) is 16.9. The van der Waals surface area contributed by atoms with Crippen LogP contribution in [0.2, 0.25) is 0 Å².